The summed E-state index contributed by atoms with van der Waals surface area (Å²) in [5, 5.41) is 7.70. The van der Waals surface area contributed by atoms with Crippen molar-refractivity contribution in [3.63, 3.8) is 0 Å². The van der Waals surface area contributed by atoms with Gasteiger partial charge in [0.2, 0.25) is 0 Å². The van der Waals surface area contributed by atoms with E-state index in [2.05, 4.69) is 15.2 Å². The summed E-state index contributed by atoms with van der Waals surface area (Å²) in [5.41, 5.74) is 0.900. The zero-order valence-corrected chi connectivity index (χ0v) is 5.90. The quantitative estimate of drug-likeness (QED) is 0.562. The van der Waals surface area contributed by atoms with Crippen LogP contribution in [0.3, 0.4) is 0 Å². The molecule has 2 aromatic heterocycles. The third-order valence-electron chi connectivity index (χ3n) is 1.37. The van der Waals surface area contributed by atoms with Gasteiger partial charge in [0.15, 0.2) is 0 Å². The monoisotopic (exact) mass is 151 g/mol. The van der Waals surface area contributed by atoms with E-state index in [9.17, 15) is 0 Å². The molecule has 2 rings (SSSR count). The fourth-order valence-electron chi connectivity index (χ4n) is 0.883. The SMILES string of the molecule is S=c1[nH]ccc2cn[nH]c12. The van der Waals surface area contributed by atoms with E-state index in [4.69, 9.17) is 12.2 Å². The summed E-state index contributed by atoms with van der Waals surface area (Å²) in [4.78, 5) is 2.90. The first-order valence-electron chi connectivity index (χ1n) is 2.89. The summed E-state index contributed by atoms with van der Waals surface area (Å²) >= 11 is 4.98. The van der Waals surface area contributed by atoms with Crippen LogP contribution in [-0.4, -0.2) is 15.2 Å². The molecule has 10 heavy (non-hydrogen) atoms. The van der Waals surface area contributed by atoms with E-state index in [1.807, 2.05) is 6.07 Å². The Morgan fingerprint density at radius 2 is 2.40 bits per heavy atom. The van der Waals surface area contributed by atoms with Crippen molar-refractivity contribution in [2.24, 2.45) is 0 Å². The Labute approximate surface area is 62.1 Å². The maximum absolute atomic E-state index is 4.98. The largest absolute Gasteiger partial charge is 0.351 e. The van der Waals surface area contributed by atoms with Gasteiger partial charge in [-0.2, -0.15) is 5.10 Å². The second kappa shape index (κ2) is 1.91. The summed E-state index contributed by atoms with van der Waals surface area (Å²) in [6.45, 7) is 0. The average molecular weight is 151 g/mol. The molecule has 0 atom stereocenters. The van der Waals surface area contributed by atoms with E-state index in [0.29, 0.717) is 4.64 Å². The lowest BCUT2D eigenvalue weighted by Crippen LogP contribution is -1.73. The fourth-order valence-corrected chi connectivity index (χ4v) is 1.11. The van der Waals surface area contributed by atoms with Crippen LogP contribution in [0.2, 0.25) is 0 Å². The van der Waals surface area contributed by atoms with Crippen molar-refractivity contribution in [1.82, 2.24) is 15.2 Å². The minimum atomic E-state index is 0.704. The second-order valence-corrected chi connectivity index (χ2v) is 2.42. The molecule has 0 aliphatic rings. The molecule has 2 heterocycles. The molecule has 0 radical (unpaired) electrons. The molecule has 0 aliphatic heterocycles. The summed E-state index contributed by atoms with van der Waals surface area (Å²) in [6.07, 6.45) is 3.55. The zero-order chi connectivity index (χ0) is 6.97. The number of fused-ring (bicyclic) bond motifs is 1. The van der Waals surface area contributed by atoms with Crippen LogP contribution >= 0.6 is 12.2 Å². The highest BCUT2D eigenvalue weighted by Crippen LogP contribution is 2.07. The summed E-state index contributed by atoms with van der Waals surface area (Å²) in [6, 6.07) is 1.93. The van der Waals surface area contributed by atoms with E-state index in [1.54, 1.807) is 12.4 Å². The molecular formula is C6H5N3S. The van der Waals surface area contributed by atoms with Gasteiger partial charge in [0.25, 0.3) is 0 Å². The van der Waals surface area contributed by atoms with E-state index >= 15 is 0 Å². The van der Waals surface area contributed by atoms with Crippen molar-refractivity contribution < 1.29 is 0 Å². The lowest BCUT2D eigenvalue weighted by Gasteiger charge is -1.85. The number of H-pyrrole nitrogens is 2. The molecule has 0 unspecified atom stereocenters. The summed E-state index contributed by atoms with van der Waals surface area (Å²) < 4.78 is 0.704. The number of aromatic nitrogens is 3. The van der Waals surface area contributed by atoms with Crippen molar-refractivity contribution in [2.75, 3.05) is 0 Å². The smallest absolute Gasteiger partial charge is 0.129 e. The van der Waals surface area contributed by atoms with E-state index in [0.717, 1.165) is 10.9 Å². The molecule has 2 N–H and O–H groups in total. The highest BCUT2D eigenvalue weighted by atomic mass is 32.1. The first kappa shape index (κ1) is 5.61. The Balaban J connectivity index is 3.09. The van der Waals surface area contributed by atoms with Crippen LogP contribution in [0, 0.1) is 4.64 Å². The lowest BCUT2D eigenvalue weighted by atomic mass is 10.3. The van der Waals surface area contributed by atoms with Crippen LogP contribution in [-0.2, 0) is 0 Å². The Morgan fingerprint density at radius 3 is 3.20 bits per heavy atom. The third-order valence-corrected chi connectivity index (χ3v) is 1.70. The molecule has 0 bridgehead atoms. The molecule has 2 aromatic rings. The fraction of sp³-hybridized carbons (Fsp3) is 0. The standard InChI is InChI=1S/C6H5N3S/c10-6-5-4(1-2-7-6)3-8-9-5/h1-3H,(H,7,10)(H,8,9). The normalized spacial score (nSPS) is 10.4. The van der Waals surface area contributed by atoms with Crippen LogP contribution in [0.15, 0.2) is 18.5 Å². The molecule has 0 saturated carbocycles. The van der Waals surface area contributed by atoms with Gasteiger partial charge in [-0.15, -0.1) is 0 Å². The minimum absolute atomic E-state index is 0.704. The van der Waals surface area contributed by atoms with Gasteiger partial charge in [-0.3, -0.25) is 5.10 Å². The van der Waals surface area contributed by atoms with E-state index < -0.39 is 0 Å². The molecule has 0 aromatic carbocycles. The predicted molar refractivity (Wildman–Crippen MR) is 41.3 cm³/mol. The Kier molecular flexibility index (Phi) is 1.07. The number of hydrogen-bond acceptors (Lipinski definition) is 2. The Hall–Kier alpha value is -1.16. The molecule has 3 nitrogen and oxygen atoms in total. The minimum Gasteiger partial charge on any atom is -0.351 e. The highest BCUT2D eigenvalue weighted by Gasteiger charge is 1.92. The van der Waals surface area contributed by atoms with Crippen molar-refractivity contribution in [3.05, 3.63) is 23.1 Å². The second-order valence-electron chi connectivity index (χ2n) is 2.01. The van der Waals surface area contributed by atoms with E-state index in [1.165, 1.54) is 0 Å². The number of hydrogen-bond donors (Lipinski definition) is 2. The topological polar surface area (TPSA) is 44.5 Å². The number of rotatable bonds is 0. The molecule has 4 heteroatoms. The van der Waals surface area contributed by atoms with Gasteiger partial charge in [0, 0.05) is 11.6 Å². The maximum Gasteiger partial charge on any atom is 0.129 e. The first-order valence-corrected chi connectivity index (χ1v) is 3.29. The van der Waals surface area contributed by atoms with Crippen molar-refractivity contribution in [2.45, 2.75) is 0 Å². The predicted octanol–water partition coefficient (Wildman–Crippen LogP) is 1.62. The van der Waals surface area contributed by atoms with Crippen molar-refractivity contribution >= 4 is 23.1 Å². The molecule has 0 spiro atoms. The Morgan fingerprint density at radius 1 is 1.50 bits per heavy atom. The van der Waals surface area contributed by atoms with Gasteiger partial charge in [-0.25, -0.2) is 0 Å². The lowest BCUT2D eigenvalue weighted by molar-refractivity contribution is 1.11. The van der Waals surface area contributed by atoms with Gasteiger partial charge < -0.3 is 4.98 Å². The molecule has 0 fully saturated rings. The van der Waals surface area contributed by atoms with Gasteiger partial charge in [-0.05, 0) is 6.07 Å². The number of aromatic amines is 2. The van der Waals surface area contributed by atoms with Gasteiger partial charge in [0.1, 0.15) is 4.64 Å². The first-order chi connectivity index (χ1) is 4.88. The Bertz CT molecular complexity index is 400. The summed E-state index contributed by atoms with van der Waals surface area (Å²) in [7, 11) is 0. The molecule has 0 aliphatic carbocycles. The molecule has 0 saturated heterocycles. The third kappa shape index (κ3) is 0.657. The molecule has 50 valence electrons. The average Bonchev–Trinajstić information content (AvgIpc) is 2.36. The zero-order valence-electron chi connectivity index (χ0n) is 5.09. The van der Waals surface area contributed by atoms with Gasteiger partial charge >= 0.3 is 0 Å². The van der Waals surface area contributed by atoms with Crippen LogP contribution in [0.25, 0.3) is 10.9 Å². The van der Waals surface area contributed by atoms with Crippen LogP contribution in [0.5, 0.6) is 0 Å². The number of nitrogens with one attached hydrogen (secondary N) is 2. The van der Waals surface area contributed by atoms with Gasteiger partial charge in [-0.1, -0.05) is 12.2 Å². The molecule has 0 amide bonds. The number of pyridine rings is 1. The van der Waals surface area contributed by atoms with Crippen LogP contribution < -0.4 is 0 Å². The van der Waals surface area contributed by atoms with Crippen molar-refractivity contribution in [1.29, 1.82) is 0 Å². The summed E-state index contributed by atoms with van der Waals surface area (Å²) in [5.74, 6) is 0. The van der Waals surface area contributed by atoms with Crippen molar-refractivity contribution in [3.8, 4) is 0 Å². The highest BCUT2D eigenvalue weighted by molar-refractivity contribution is 7.71. The maximum atomic E-state index is 4.98. The van der Waals surface area contributed by atoms with E-state index in [-0.39, 0.29) is 0 Å². The molecular weight excluding hydrogens is 146 g/mol. The van der Waals surface area contributed by atoms with Gasteiger partial charge in [0.05, 0.1) is 11.7 Å². The van der Waals surface area contributed by atoms with Crippen LogP contribution in [0.1, 0.15) is 0 Å². The van der Waals surface area contributed by atoms with Crippen LogP contribution in [0.4, 0.5) is 0 Å². The number of nitrogens with zero attached hydrogens (tertiary/aromatic N) is 1.